The van der Waals surface area contributed by atoms with Crippen LogP contribution in [0.5, 0.6) is 11.5 Å². The molecule has 0 aliphatic rings. The average Bonchev–Trinajstić information content (AvgIpc) is 2.79. The zero-order chi connectivity index (χ0) is 24.6. The van der Waals surface area contributed by atoms with Gasteiger partial charge < -0.3 is 9.47 Å². The number of ether oxygens (including phenoxy) is 2. The molecule has 0 radical (unpaired) electrons. The van der Waals surface area contributed by atoms with E-state index in [1.807, 2.05) is 43.3 Å². The SMILES string of the molecule is CCOc1cc(/C=N\NC(=O)Cc2cccc(C(F)(F)F)c2)cc(I)c1OCc1ccccc1. The number of nitrogens with one attached hydrogen (secondary N) is 1. The minimum absolute atomic E-state index is 0.227. The fourth-order valence-corrected chi connectivity index (χ4v) is 3.84. The Bertz CT molecular complexity index is 1150. The summed E-state index contributed by atoms with van der Waals surface area (Å²) < 4.78 is 51.0. The van der Waals surface area contributed by atoms with Gasteiger partial charge in [0.1, 0.15) is 6.61 Å². The summed E-state index contributed by atoms with van der Waals surface area (Å²) in [7, 11) is 0. The van der Waals surface area contributed by atoms with E-state index < -0.39 is 17.6 Å². The maximum absolute atomic E-state index is 12.8. The number of hydrazone groups is 1. The smallest absolute Gasteiger partial charge is 0.416 e. The predicted molar refractivity (Wildman–Crippen MR) is 132 cm³/mol. The summed E-state index contributed by atoms with van der Waals surface area (Å²) in [5, 5.41) is 3.93. The average molecular weight is 582 g/mol. The molecule has 0 aromatic heterocycles. The molecule has 3 aromatic carbocycles. The van der Waals surface area contributed by atoms with E-state index >= 15 is 0 Å². The van der Waals surface area contributed by atoms with Crippen molar-refractivity contribution in [2.45, 2.75) is 26.1 Å². The standard InChI is InChI=1S/C25H22F3IN2O3/c1-2-33-22-13-19(12-21(29)24(22)34-16-17-7-4-3-5-8-17)15-30-31-23(32)14-18-9-6-10-20(11-18)25(26,27)28/h3-13,15H,2,14,16H2,1H3,(H,31,32)/b30-15-. The molecule has 0 unspecified atom stereocenters. The van der Waals surface area contributed by atoms with Crippen molar-refractivity contribution < 1.29 is 27.4 Å². The minimum Gasteiger partial charge on any atom is -0.490 e. The number of benzene rings is 3. The highest BCUT2D eigenvalue weighted by atomic mass is 127. The van der Waals surface area contributed by atoms with Gasteiger partial charge in [-0.05, 0) is 64.4 Å². The summed E-state index contributed by atoms with van der Waals surface area (Å²) in [6.07, 6.45) is -3.25. The Morgan fingerprint density at radius 1 is 1.03 bits per heavy atom. The fraction of sp³-hybridized carbons (Fsp3) is 0.200. The van der Waals surface area contributed by atoms with Crippen LogP contribution in [-0.4, -0.2) is 18.7 Å². The van der Waals surface area contributed by atoms with E-state index in [9.17, 15) is 18.0 Å². The predicted octanol–water partition coefficient (Wildman–Crippen LogP) is 5.98. The van der Waals surface area contributed by atoms with Crippen LogP contribution in [0.2, 0.25) is 0 Å². The first-order chi connectivity index (χ1) is 16.3. The Labute approximate surface area is 209 Å². The van der Waals surface area contributed by atoms with Gasteiger partial charge in [-0.2, -0.15) is 18.3 Å². The zero-order valence-electron chi connectivity index (χ0n) is 18.2. The second kappa shape index (κ2) is 11.9. The number of nitrogens with zero attached hydrogens (tertiary/aromatic N) is 1. The lowest BCUT2D eigenvalue weighted by atomic mass is 10.1. The first-order valence-electron chi connectivity index (χ1n) is 10.4. The number of amides is 1. The lowest BCUT2D eigenvalue weighted by Gasteiger charge is -2.14. The molecule has 5 nitrogen and oxygen atoms in total. The Kier molecular flexibility index (Phi) is 8.91. The molecule has 0 heterocycles. The molecule has 178 valence electrons. The van der Waals surface area contributed by atoms with Crippen molar-refractivity contribution in [1.29, 1.82) is 0 Å². The van der Waals surface area contributed by atoms with E-state index in [1.54, 1.807) is 6.07 Å². The number of halogens is 4. The molecular weight excluding hydrogens is 560 g/mol. The molecule has 1 N–H and O–H groups in total. The third kappa shape index (κ3) is 7.47. The molecule has 0 spiro atoms. The summed E-state index contributed by atoms with van der Waals surface area (Å²) in [4.78, 5) is 12.1. The van der Waals surface area contributed by atoms with Gasteiger partial charge >= 0.3 is 6.18 Å². The quantitative estimate of drug-likeness (QED) is 0.192. The molecule has 1 amide bonds. The molecule has 3 aromatic rings. The van der Waals surface area contributed by atoms with E-state index in [0.717, 1.165) is 21.3 Å². The van der Waals surface area contributed by atoms with Gasteiger partial charge in [-0.15, -0.1) is 0 Å². The van der Waals surface area contributed by atoms with Crippen LogP contribution in [0.3, 0.4) is 0 Å². The first-order valence-corrected chi connectivity index (χ1v) is 11.4. The molecule has 34 heavy (non-hydrogen) atoms. The molecule has 0 aliphatic heterocycles. The van der Waals surface area contributed by atoms with Crippen LogP contribution in [0.15, 0.2) is 71.8 Å². The van der Waals surface area contributed by atoms with Crippen molar-refractivity contribution in [2.75, 3.05) is 6.61 Å². The molecule has 0 atom stereocenters. The molecule has 0 bridgehead atoms. The van der Waals surface area contributed by atoms with Gasteiger partial charge in [0, 0.05) is 0 Å². The fourth-order valence-electron chi connectivity index (χ4n) is 3.06. The third-order valence-corrected chi connectivity index (χ3v) is 5.38. The largest absolute Gasteiger partial charge is 0.490 e. The highest BCUT2D eigenvalue weighted by molar-refractivity contribution is 14.1. The molecule has 0 fully saturated rings. The van der Waals surface area contributed by atoms with Crippen LogP contribution in [-0.2, 0) is 24.0 Å². The van der Waals surface area contributed by atoms with Crippen LogP contribution in [0.25, 0.3) is 0 Å². The molecular formula is C25H22F3IN2O3. The van der Waals surface area contributed by atoms with Crippen molar-refractivity contribution >= 4 is 34.7 Å². The van der Waals surface area contributed by atoms with Gasteiger partial charge in [0.25, 0.3) is 0 Å². The van der Waals surface area contributed by atoms with Crippen LogP contribution >= 0.6 is 22.6 Å². The topological polar surface area (TPSA) is 59.9 Å². The number of carbonyl (C=O) groups excluding carboxylic acids is 1. The van der Waals surface area contributed by atoms with Crippen molar-refractivity contribution in [3.63, 3.8) is 0 Å². The number of hydrogen-bond acceptors (Lipinski definition) is 4. The Morgan fingerprint density at radius 3 is 2.47 bits per heavy atom. The van der Waals surface area contributed by atoms with Gasteiger partial charge in [-0.3, -0.25) is 4.79 Å². The van der Waals surface area contributed by atoms with Gasteiger partial charge in [0.15, 0.2) is 11.5 Å². The summed E-state index contributed by atoms with van der Waals surface area (Å²) in [5.41, 5.74) is 3.48. The number of hydrogen-bond donors (Lipinski definition) is 1. The molecule has 9 heteroatoms. The number of rotatable bonds is 9. The van der Waals surface area contributed by atoms with Crippen LogP contribution in [0.4, 0.5) is 13.2 Å². The summed E-state index contributed by atoms with van der Waals surface area (Å²) >= 11 is 2.14. The summed E-state index contributed by atoms with van der Waals surface area (Å²) in [6, 6.07) is 18.0. The zero-order valence-corrected chi connectivity index (χ0v) is 20.4. The van der Waals surface area contributed by atoms with E-state index in [0.29, 0.717) is 30.3 Å². The van der Waals surface area contributed by atoms with Gasteiger partial charge in [-0.1, -0.05) is 48.5 Å². The molecule has 3 rings (SSSR count). The Hall–Kier alpha value is -3.08. The number of carbonyl (C=O) groups is 1. The minimum atomic E-state index is -4.46. The van der Waals surface area contributed by atoms with E-state index in [1.165, 1.54) is 18.3 Å². The number of alkyl halides is 3. The third-order valence-electron chi connectivity index (χ3n) is 4.58. The van der Waals surface area contributed by atoms with Crippen molar-refractivity contribution in [3.8, 4) is 11.5 Å². The van der Waals surface area contributed by atoms with Gasteiger partial charge in [0.05, 0.1) is 28.4 Å². The normalized spacial score (nSPS) is 11.4. The highest BCUT2D eigenvalue weighted by Crippen LogP contribution is 2.34. The maximum Gasteiger partial charge on any atom is 0.416 e. The summed E-state index contributed by atoms with van der Waals surface area (Å²) in [6.45, 7) is 2.69. The Morgan fingerprint density at radius 2 is 1.76 bits per heavy atom. The van der Waals surface area contributed by atoms with Gasteiger partial charge in [-0.25, -0.2) is 5.43 Å². The van der Waals surface area contributed by atoms with Crippen molar-refractivity contribution in [2.24, 2.45) is 5.10 Å². The monoisotopic (exact) mass is 582 g/mol. The van der Waals surface area contributed by atoms with Crippen LogP contribution in [0.1, 0.15) is 29.2 Å². The Balaban J connectivity index is 1.65. The molecule has 0 aliphatic carbocycles. The summed E-state index contributed by atoms with van der Waals surface area (Å²) in [5.74, 6) is 0.622. The van der Waals surface area contributed by atoms with E-state index in [2.05, 4.69) is 33.1 Å². The van der Waals surface area contributed by atoms with Crippen molar-refractivity contribution in [3.05, 3.63) is 92.6 Å². The first kappa shape index (κ1) is 25.5. The lowest BCUT2D eigenvalue weighted by Crippen LogP contribution is -2.20. The second-order valence-corrected chi connectivity index (χ2v) is 8.37. The highest BCUT2D eigenvalue weighted by Gasteiger charge is 2.30. The van der Waals surface area contributed by atoms with Crippen LogP contribution in [0, 0.1) is 3.57 Å². The lowest BCUT2D eigenvalue weighted by molar-refractivity contribution is -0.137. The van der Waals surface area contributed by atoms with E-state index in [4.69, 9.17) is 9.47 Å². The molecule has 0 saturated heterocycles. The van der Waals surface area contributed by atoms with Gasteiger partial charge in [0.2, 0.25) is 5.91 Å². The molecule has 0 saturated carbocycles. The second-order valence-electron chi connectivity index (χ2n) is 7.21. The van der Waals surface area contributed by atoms with Crippen LogP contribution < -0.4 is 14.9 Å². The van der Waals surface area contributed by atoms with E-state index in [-0.39, 0.29) is 12.0 Å². The maximum atomic E-state index is 12.8. The van der Waals surface area contributed by atoms with Crippen molar-refractivity contribution in [1.82, 2.24) is 5.43 Å².